The van der Waals surface area contributed by atoms with Gasteiger partial charge in [-0.05, 0) is 25.7 Å². The van der Waals surface area contributed by atoms with Gasteiger partial charge in [-0.1, -0.05) is 6.92 Å². The number of rotatable bonds is 6. The summed E-state index contributed by atoms with van der Waals surface area (Å²) in [6, 6.07) is 0. The number of hydrogen-bond acceptors (Lipinski definition) is 3. The molecule has 0 spiro atoms. The Morgan fingerprint density at radius 2 is 2.25 bits per heavy atom. The Kier molecular flexibility index (Phi) is 3.98. The molecular formula is C9H19NO2. The van der Waals surface area contributed by atoms with Crippen molar-refractivity contribution in [2.24, 2.45) is 5.73 Å². The van der Waals surface area contributed by atoms with Crippen LogP contribution in [0.4, 0.5) is 0 Å². The molecule has 1 fully saturated rings. The molecule has 1 heterocycles. The van der Waals surface area contributed by atoms with E-state index in [1.807, 2.05) is 0 Å². The first-order valence-corrected chi connectivity index (χ1v) is 4.81. The van der Waals surface area contributed by atoms with Gasteiger partial charge in [0.15, 0.2) is 0 Å². The Morgan fingerprint density at radius 3 is 2.75 bits per heavy atom. The number of nitrogens with two attached hydrogens (primary N) is 1. The standard InChI is InChI=1S/C9H19NO2/c1-2-8-9(12-8)5-3-4-7(11)6-10/h7-9,11H,2-6,10H2,1H3/t7-,8-,9?/m1/s1. The van der Waals surface area contributed by atoms with Gasteiger partial charge in [-0.3, -0.25) is 0 Å². The van der Waals surface area contributed by atoms with Crippen LogP contribution in [0.5, 0.6) is 0 Å². The minimum atomic E-state index is -0.316. The predicted octanol–water partition coefficient (Wildman–Crippen LogP) is 0.654. The lowest BCUT2D eigenvalue weighted by Gasteiger charge is -2.05. The summed E-state index contributed by atoms with van der Waals surface area (Å²) in [6.45, 7) is 2.52. The van der Waals surface area contributed by atoms with Crippen molar-refractivity contribution in [1.29, 1.82) is 0 Å². The minimum Gasteiger partial charge on any atom is -0.392 e. The number of aliphatic hydroxyl groups excluding tert-OH is 1. The maximum Gasteiger partial charge on any atom is 0.0841 e. The highest BCUT2D eigenvalue weighted by Gasteiger charge is 2.35. The first kappa shape index (κ1) is 9.96. The van der Waals surface area contributed by atoms with Crippen molar-refractivity contribution in [1.82, 2.24) is 0 Å². The van der Waals surface area contributed by atoms with Crippen LogP contribution in [0.3, 0.4) is 0 Å². The van der Waals surface area contributed by atoms with Crippen LogP contribution in [0.2, 0.25) is 0 Å². The molecule has 1 aliphatic heterocycles. The summed E-state index contributed by atoms with van der Waals surface area (Å²) < 4.78 is 5.37. The third kappa shape index (κ3) is 3.09. The Labute approximate surface area is 73.9 Å². The molecule has 0 radical (unpaired) electrons. The molecule has 3 nitrogen and oxygen atoms in total. The summed E-state index contributed by atoms with van der Waals surface area (Å²) in [6.07, 6.45) is 4.69. The summed E-state index contributed by atoms with van der Waals surface area (Å²) in [5.74, 6) is 0. The van der Waals surface area contributed by atoms with Crippen molar-refractivity contribution < 1.29 is 9.84 Å². The van der Waals surface area contributed by atoms with Crippen LogP contribution in [-0.2, 0) is 4.74 Å². The third-order valence-electron chi connectivity index (χ3n) is 2.39. The monoisotopic (exact) mass is 173 g/mol. The van der Waals surface area contributed by atoms with E-state index in [2.05, 4.69) is 6.92 Å². The molecule has 3 atom stereocenters. The molecule has 1 saturated heterocycles. The molecule has 0 aliphatic carbocycles. The number of ether oxygens (including phenoxy) is 1. The van der Waals surface area contributed by atoms with Gasteiger partial charge in [0.05, 0.1) is 18.3 Å². The fourth-order valence-electron chi connectivity index (χ4n) is 1.46. The van der Waals surface area contributed by atoms with Gasteiger partial charge in [0.1, 0.15) is 0 Å². The molecule has 1 aliphatic rings. The summed E-state index contributed by atoms with van der Waals surface area (Å²) in [5, 5.41) is 9.15. The van der Waals surface area contributed by atoms with Crippen molar-refractivity contribution in [3.05, 3.63) is 0 Å². The second-order valence-electron chi connectivity index (χ2n) is 3.44. The maximum absolute atomic E-state index is 9.15. The summed E-state index contributed by atoms with van der Waals surface area (Å²) in [7, 11) is 0. The van der Waals surface area contributed by atoms with Crippen LogP contribution in [-0.4, -0.2) is 30.0 Å². The number of hydrogen-bond donors (Lipinski definition) is 2. The van der Waals surface area contributed by atoms with E-state index in [0.717, 1.165) is 25.7 Å². The molecule has 1 rings (SSSR count). The normalized spacial score (nSPS) is 30.2. The van der Waals surface area contributed by atoms with E-state index < -0.39 is 0 Å². The van der Waals surface area contributed by atoms with E-state index in [0.29, 0.717) is 18.8 Å². The Morgan fingerprint density at radius 1 is 1.50 bits per heavy atom. The molecular weight excluding hydrogens is 154 g/mol. The second-order valence-corrected chi connectivity index (χ2v) is 3.44. The zero-order valence-electron chi connectivity index (χ0n) is 7.70. The molecule has 0 saturated carbocycles. The van der Waals surface area contributed by atoms with E-state index in [-0.39, 0.29) is 6.10 Å². The maximum atomic E-state index is 9.15. The summed E-state index contributed by atoms with van der Waals surface area (Å²) in [4.78, 5) is 0. The van der Waals surface area contributed by atoms with Gasteiger partial charge in [0.2, 0.25) is 0 Å². The number of epoxide rings is 1. The molecule has 0 aromatic heterocycles. The number of aliphatic hydroxyl groups is 1. The van der Waals surface area contributed by atoms with Gasteiger partial charge in [0, 0.05) is 6.54 Å². The first-order valence-electron chi connectivity index (χ1n) is 4.81. The van der Waals surface area contributed by atoms with E-state index in [1.165, 1.54) is 0 Å². The quantitative estimate of drug-likeness (QED) is 0.580. The summed E-state index contributed by atoms with van der Waals surface area (Å²) in [5.41, 5.74) is 5.28. The van der Waals surface area contributed by atoms with Crippen LogP contribution < -0.4 is 5.73 Å². The van der Waals surface area contributed by atoms with Crippen molar-refractivity contribution in [3.63, 3.8) is 0 Å². The van der Waals surface area contributed by atoms with Gasteiger partial charge < -0.3 is 15.6 Å². The topological polar surface area (TPSA) is 58.8 Å². The van der Waals surface area contributed by atoms with Gasteiger partial charge >= 0.3 is 0 Å². The van der Waals surface area contributed by atoms with E-state index in [4.69, 9.17) is 15.6 Å². The Hall–Kier alpha value is -0.120. The molecule has 3 N–H and O–H groups in total. The Bertz CT molecular complexity index is 130. The zero-order chi connectivity index (χ0) is 8.97. The Balaban J connectivity index is 1.90. The minimum absolute atomic E-state index is 0.316. The highest BCUT2D eigenvalue weighted by molar-refractivity contribution is 4.83. The van der Waals surface area contributed by atoms with Crippen LogP contribution in [0.1, 0.15) is 32.6 Å². The van der Waals surface area contributed by atoms with Crippen molar-refractivity contribution in [3.8, 4) is 0 Å². The lowest BCUT2D eigenvalue weighted by molar-refractivity contribution is 0.167. The van der Waals surface area contributed by atoms with Gasteiger partial charge in [0.25, 0.3) is 0 Å². The third-order valence-corrected chi connectivity index (χ3v) is 2.39. The summed E-state index contributed by atoms with van der Waals surface area (Å²) >= 11 is 0. The van der Waals surface area contributed by atoms with Crippen LogP contribution in [0.25, 0.3) is 0 Å². The highest BCUT2D eigenvalue weighted by atomic mass is 16.6. The molecule has 3 heteroatoms. The highest BCUT2D eigenvalue weighted by Crippen LogP contribution is 2.29. The molecule has 0 aromatic rings. The molecule has 0 aromatic carbocycles. The van der Waals surface area contributed by atoms with Gasteiger partial charge in [-0.15, -0.1) is 0 Å². The fraction of sp³-hybridized carbons (Fsp3) is 1.00. The lowest BCUT2D eigenvalue weighted by Crippen LogP contribution is -2.19. The molecule has 12 heavy (non-hydrogen) atoms. The van der Waals surface area contributed by atoms with Crippen LogP contribution in [0.15, 0.2) is 0 Å². The smallest absolute Gasteiger partial charge is 0.0841 e. The SMILES string of the molecule is CC[C@H]1OC1CCC[C@@H](O)CN. The average molecular weight is 173 g/mol. The molecule has 1 unspecified atom stereocenters. The molecule has 72 valence electrons. The first-order chi connectivity index (χ1) is 5.77. The van der Waals surface area contributed by atoms with Gasteiger partial charge in [-0.25, -0.2) is 0 Å². The zero-order valence-corrected chi connectivity index (χ0v) is 7.70. The van der Waals surface area contributed by atoms with Crippen LogP contribution in [0, 0.1) is 0 Å². The van der Waals surface area contributed by atoms with Crippen LogP contribution >= 0.6 is 0 Å². The van der Waals surface area contributed by atoms with Crippen molar-refractivity contribution in [2.75, 3.05) is 6.54 Å². The average Bonchev–Trinajstić information content (AvgIpc) is 2.83. The lowest BCUT2D eigenvalue weighted by atomic mass is 10.1. The predicted molar refractivity (Wildman–Crippen MR) is 47.9 cm³/mol. The fourth-order valence-corrected chi connectivity index (χ4v) is 1.46. The second kappa shape index (κ2) is 4.80. The molecule has 0 bridgehead atoms. The van der Waals surface area contributed by atoms with Crippen molar-refractivity contribution >= 4 is 0 Å². The van der Waals surface area contributed by atoms with E-state index in [1.54, 1.807) is 0 Å². The van der Waals surface area contributed by atoms with E-state index in [9.17, 15) is 0 Å². The van der Waals surface area contributed by atoms with Crippen molar-refractivity contribution in [2.45, 2.75) is 50.9 Å². The molecule has 0 amide bonds. The van der Waals surface area contributed by atoms with Gasteiger partial charge in [-0.2, -0.15) is 0 Å². The van der Waals surface area contributed by atoms with E-state index >= 15 is 0 Å². The largest absolute Gasteiger partial charge is 0.392 e.